The average Bonchev–Trinajstić information content (AvgIpc) is 1.97. The molecule has 1 aliphatic rings. The van der Waals surface area contributed by atoms with Crippen LogP contribution in [0.4, 0.5) is 0 Å². The fourth-order valence-electron chi connectivity index (χ4n) is 1.86. The zero-order chi connectivity index (χ0) is 9.35. The molecule has 0 N–H and O–H groups in total. The maximum atomic E-state index is 11.5. The quantitative estimate of drug-likeness (QED) is 0.588. The van der Waals surface area contributed by atoms with Crippen LogP contribution >= 0.6 is 0 Å². The predicted octanol–water partition coefficient (Wildman–Crippen LogP) is 3.04. The molecule has 0 amide bonds. The van der Waals surface area contributed by atoms with Crippen LogP contribution < -0.4 is 0 Å². The SMILES string of the molecule is CC1CCC(C)(C(C)C)CC1=O. The summed E-state index contributed by atoms with van der Waals surface area (Å²) in [6.07, 6.45) is 3.11. The fraction of sp³-hybridized carbons (Fsp3) is 0.909. The van der Waals surface area contributed by atoms with Crippen LogP contribution in [0, 0.1) is 17.3 Å². The van der Waals surface area contributed by atoms with Gasteiger partial charge in [-0.3, -0.25) is 4.79 Å². The lowest BCUT2D eigenvalue weighted by Gasteiger charge is -2.38. The van der Waals surface area contributed by atoms with Gasteiger partial charge in [-0.1, -0.05) is 27.7 Å². The smallest absolute Gasteiger partial charge is 0.136 e. The Morgan fingerprint density at radius 3 is 2.50 bits per heavy atom. The highest BCUT2D eigenvalue weighted by Crippen LogP contribution is 2.41. The zero-order valence-corrected chi connectivity index (χ0v) is 8.68. The van der Waals surface area contributed by atoms with Crippen LogP contribution in [0.15, 0.2) is 0 Å². The molecule has 12 heavy (non-hydrogen) atoms. The van der Waals surface area contributed by atoms with Crippen molar-refractivity contribution in [3.63, 3.8) is 0 Å². The van der Waals surface area contributed by atoms with E-state index in [1.807, 2.05) is 0 Å². The normalized spacial score (nSPS) is 37.4. The first-order valence-electron chi connectivity index (χ1n) is 4.98. The second kappa shape index (κ2) is 3.20. The summed E-state index contributed by atoms with van der Waals surface area (Å²) in [6, 6.07) is 0. The Hall–Kier alpha value is -0.330. The lowest BCUT2D eigenvalue weighted by Crippen LogP contribution is -2.34. The third kappa shape index (κ3) is 1.70. The van der Waals surface area contributed by atoms with Crippen molar-refractivity contribution in [1.82, 2.24) is 0 Å². The van der Waals surface area contributed by atoms with Crippen LogP contribution in [0.3, 0.4) is 0 Å². The second-order valence-corrected chi connectivity index (χ2v) is 4.89. The Bertz CT molecular complexity index is 183. The van der Waals surface area contributed by atoms with Gasteiger partial charge in [0.25, 0.3) is 0 Å². The molecule has 2 unspecified atom stereocenters. The molecule has 2 atom stereocenters. The van der Waals surface area contributed by atoms with E-state index in [-0.39, 0.29) is 5.41 Å². The van der Waals surface area contributed by atoms with Crippen molar-refractivity contribution >= 4 is 5.78 Å². The van der Waals surface area contributed by atoms with Crippen molar-refractivity contribution in [2.75, 3.05) is 0 Å². The molecule has 70 valence electrons. The summed E-state index contributed by atoms with van der Waals surface area (Å²) >= 11 is 0. The summed E-state index contributed by atoms with van der Waals surface area (Å²) in [4.78, 5) is 11.5. The summed E-state index contributed by atoms with van der Waals surface area (Å²) < 4.78 is 0. The molecule has 1 aliphatic carbocycles. The maximum Gasteiger partial charge on any atom is 0.136 e. The number of hydrogen-bond donors (Lipinski definition) is 0. The Kier molecular flexibility index (Phi) is 2.60. The second-order valence-electron chi connectivity index (χ2n) is 4.89. The predicted molar refractivity (Wildman–Crippen MR) is 51.0 cm³/mol. The molecule has 1 nitrogen and oxygen atoms in total. The standard InChI is InChI=1S/C11H20O/c1-8(2)11(4)6-5-9(3)10(12)7-11/h8-9H,5-7H2,1-4H3. The highest BCUT2D eigenvalue weighted by atomic mass is 16.1. The van der Waals surface area contributed by atoms with Gasteiger partial charge in [-0.25, -0.2) is 0 Å². The number of Topliss-reactive ketones (excluding diaryl/α,β-unsaturated/α-hetero) is 1. The molecule has 0 aromatic heterocycles. The largest absolute Gasteiger partial charge is 0.299 e. The number of rotatable bonds is 1. The number of carbonyl (C=O) groups is 1. The van der Waals surface area contributed by atoms with E-state index in [0.29, 0.717) is 17.6 Å². The average molecular weight is 168 g/mol. The van der Waals surface area contributed by atoms with E-state index in [4.69, 9.17) is 0 Å². The summed E-state index contributed by atoms with van der Waals surface area (Å²) in [5.74, 6) is 1.42. The molecule has 0 spiro atoms. The van der Waals surface area contributed by atoms with E-state index in [0.717, 1.165) is 12.8 Å². The molecular formula is C11H20O. The molecule has 0 aliphatic heterocycles. The molecular weight excluding hydrogens is 148 g/mol. The lowest BCUT2D eigenvalue weighted by molar-refractivity contribution is -0.128. The molecule has 0 heterocycles. The van der Waals surface area contributed by atoms with Crippen molar-refractivity contribution in [3.8, 4) is 0 Å². The molecule has 0 bridgehead atoms. The van der Waals surface area contributed by atoms with Gasteiger partial charge in [0.05, 0.1) is 0 Å². The van der Waals surface area contributed by atoms with Crippen molar-refractivity contribution in [2.45, 2.75) is 47.0 Å². The minimum atomic E-state index is 0.281. The minimum Gasteiger partial charge on any atom is -0.299 e. The molecule has 0 aromatic carbocycles. The topological polar surface area (TPSA) is 17.1 Å². The van der Waals surface area contributed by atoms with E-state index >= 15 is 0 Å². The van der Waals surface area contributed by atoms with E-state index < -0.39 is 0 Å². The van der Waals surface area contributed by atoms with Crippen molar-refractivity contribution in [3.05, 3.63) is 0 Å². The maximum absolute atomic E-state index is 11.5. The molecule has 1 saturated carbocycles. The van der Waals surface area contributed by atoms with Gasteiger partial charge in [0.15, 0.2) is 0 Å². The van der Waals surface area contributed by atoms with E-state index in [9.17, 15) is 4.79 Å². The fourth-order valence-corrected chi connectivity index (χ4v) is 1.86. The summed E-state index contributed by atoms with van der Waals surface area (Å²) in [5, 5.41) is 0. The Morgan fingerprint density at radius 1 is 1.50 bits per heavy atom. The van der Waals surface area contributed by atoms with Crippen molar-refractivity contribution in [1.29, 1.82) is 0 Å². The number of carbonyl (C=O) groups excluding carboxylic acids is 1. The van der Waals surface area contributed by atoms with Crippen LogP contribution in [-0.4, -0.2) is 5.78 Å². The van der Waals surface area contributed by atoms with Crippen molar-refractivity contribution < 1.29 is 4.79 Å². The van der Waals surface area contributed by atoms with Gasteiger partial charge in [0, 0.05) is 12.3 Å². The van der Waals surface area contributed by atoms with Gasteiger partial charge >= 0.3 is 0 Å². The van der Waals surface area contributed by atoms with E-state index in [1.54, 1.807) is 0 Å². The number of hydrogen-bond acceptors (Lipinski definition) is 1. The first-order chi connectivity index (χ1) is 5.46. The molecule has 0 aromatic rings. The van der Waals surface area contributed by atoms with E-state index in [1.165, 1.54) is 6.42 Å². The minimum absolute atomic E-state index is 0.281. The third-order valence-corrected chi connectivity index (χ3v) is 3.67. The summed E-state index contributed by atoms with van der Waals surface area (Å²) in [7, 11) is 0. The van der Waals surface area contributed by atoms with Gasteiger partial charge < -0.3 is 0 Å². The monoisotopic (exact) mass is 168 g/mol. The Morgan fingerprint density at radius 2 is 2.08 bits per heavy atom. The van der Waals surface area contributed by atoms with Crippen LogP contribution in [0.25, 0.3) is 0 Å². The first-order valence-corrected chi connectivity index (χ1v) is 4.98. The van der Waals surface area contributed by atoms with Crippen LogP contribution in [0.2, 0.25) is 0 Å². The van der Waals surface area contributed by atoms with Gasteiger partial charge in [0.1, 0.15) is 5.78 Å². The van der Waals surface area contributed by atoms with Crippen molar-refractivity contribution in [2.24, 2.45) is 17.3 Å². The first kappa shape index (κ1) is 9.76. The third-order valence-electron chi connectivity index (χ3n) is 3.67. The highest BCUT2D eigenvalue weighted by molar-refractivity contribution is 5.82. The van der Waals surface area contributed by atoms with Crippen LogP contribution in [-0.2, 0) is 4.79 Å². The number of ketones is 1. The Balaban J connectivity index is 2.67. The van der Waals surface area contributed by atoms with Gasteiger partial charge in [-0.2, -0.15) is 0 Å². The molecule has 0 radical (unpaired) electrons. The van der Waals surface area contributed by atoms with E-state index in [2.05, 4.69) is 27.7 Å². The Labute approximate surface area is 75.5 Å². The molecule has 1 fully saturated rings. The molecule has 1 heteroatoms. The lowest BCUT2D eigenvalue weighted by atomic mass is 9.66. The van der Waals surface area contributed by atoms with Gasteiger partial charge in [0.2, 0.25) is 0 Å². The molecule has 0 saturated heterocycles. The van der Waals surface area contributed by atoms with Gasteiger partial charge in [-0.15, -0.1) is 0 Å². The summed E-state index contributed by atoms with van der Waals surface area (Å²) in [6.45, 7) is 8.76. The van der Waals surface area contributed by atoms with Crippen LogP contribution in [0.5, 0.6) is 0 Å². The highest BCUT2D eigenvalue weighted by Gasteiger charge is 2.36. The molecule has 1 rings (SSSR count). The van der Waals surface area contributed by atoms with Crippen LogP contribution in [0.1, 0.15) is 47.0 Å². The zero-order valence-electron chi connectivity index (χ0n) is 8.68. The summed E-state index contributed by atoms with van der Waals surface area (Å²) in [5.41, 5.74) is 0.281. The van der Waals surface area contributed by atoms with Gasteiger partial charge in [-0.05, 0) is 24.2 Å².